The highest BCUT2D eigenvalue weighted by atomic mass is 19.4. The van der Waals surface area contributed by atoms with Crippen LogP contribution in [0.1, 0.15) is 19.8 Å². The first-order chi connectivity index (χ1) is 6.78. The van der Waals surface area contributed by atoms with Gasteiger partial charge in [-0.1, -0.05) is 0 Å². The smallest absolute Gasteiger partial charge is 0.341 e. The number of nitrogens with zero attached hydrogens (tertiary/aromatic N) is 1. The fourth-order valence-corrected chi connectivity index (χ4v) is 1.98. The fraction of sp³-hybridized carbons (Fsp3) is 0.889. The first-order valence-corrected chi connectivity index (χ1v) is 4.86. The Morgan fingerprint density at radius 1 is 1.47 bits per heavy atom. The first kappa shape index (κ1) is 12.3. The molecule has 0 aromatic carbocycles. The van der Waals surface area contributed by atoms with Crippen LogP contribution in [0.25, 0.3) is 0 Å². The lowest BCUT2D eigenvalue weighted by atomic mass is 9.91. The van der Waals surface area contributed by atoms with Crippen LogP contribution in [0.15, 0.2) is 0 Å². The van der Waals surface area contributed by atoms with Gasteiger partial charge in [-0.05, 0) is 12.3 Å². The summed E-state index contributed by atoms with van der Waals surface area (Å²) in [6.45, 7) is 1.88. The fourth-order valence-electron chi connectivity index (χ4n) is 1.98. The van der Waals surface area contributed by atoms with Gasteiger partial charge in [0.2, 0.25) is 5.91 Å². The van der Waals surface area contributed by atoms with E-state index in [4.69, 9.17) is 5.73 Å². The molecule has 0 spiro atoms. The van der Waals surface area contributed by atoms with Gasteiger partial charge in [0.1, 0.15) is 0 Å². The summed E-state index contributed by atoms with van der Waals surface area (Å²) in [6.07, 6.45) is -4.70. The average molecular weight is 224 g/mol. The number of carbonyl (C=O) groups is 1. The number of hydrogen-bond donors (Lipinski definition) is 1. The Labute approximate surface area is 86.4 Å². The van der Waals surface area contributed by atoms with Gasteiger partial charge in [-0.2, -0.15) is 13.2 Å². The number of piperidine rings is 1. The Kier molecular flexibility index (Phi) is 3.59. The van der Waals surface area contributed by atoms with E-state index in [-0.39, 0.29) is 18.5 Å². The van der Waals surface area contributed by atoms with Crippen LogP contribution in [0.3, 0.4) is 0 Å². The molecule has 1 amide bonds. The largest absolute Gasteiger partial charge is 0.389 e. The predicted octanol–water partition coefficient (Wildman–Crippen LogP) is 1.13. The van der Waals surface area contributed by atoms with Crippen LogP contribution in [-0.4, -0.2) is 36.1 Å². The third-order valence-corrected chi connectivity index (χ3v) is 2.54. The zero-order valence-electron chi connectivity index (χ0n) is 8.55. The van der Waals surface area contributed by atoms with E-state index in [0.717, 1.165) is 0 Å². The van der Waals surface area contributed by atoms with E-state index in [1.807, 2.05) is 0 Å². The van der Waals surface area contributed by atoms with Crippen molar-refractivity contribution in [3.05, 3.63) is 0 Å². The maximum atomic E-state index is 12.2. The Morgan fingerprint density at radius 2 is 2.07 bits per heavy atom. The van der Waals surface area contributed by atoms with E-state index in [2.05, 4.69) is 0 Å². The molecular formula is C9H15F3N2O. The van der Waals surface area contributed by atoms with Crippen LogP contribution in [0.5, 0.6) is 0 Å². The Bertz CT molecular complexity index is 242. The summed E-state index contributed by atoms with van der Waals surface area (Å²) in [5.41, 5.74) is 5.61. The molecule has 0 bridgehead atoms. The molecule has 0 aliphatic carbocycles. The summed E-state index contributed by atoms with van der Waals surface area (Å²) in [6, 6.07) is -0.338. The van der Waals surface area contributed by atoms with Gasteiger partial charge in [0.25, 0.3) is 0 Å². The van der Waals surface area contributed by atoms with Crippen LogP contribution >= 0.6 is 0 Å². The zero-order chi connectivity index (χ0) is 11.6. The zero-order valence-corrected chi connectivity index (χ0v) is 8.55. The van der Waals surface area contributed by atoms with Crippen molar-refractivity contribution < 1.29 is 18.0 Å². The van der Waals surface area contributed by atoms with E-state index < -0.39 is 18.5 Å². The van der Waals surface area contributed by atoms with Gasteiger partial charge in [0.05, 0.1) is 0 Å². The van der Waals surface area contributed by atoms with Crippen molar-refractivity contribution in [2.75, 3.05) is 13.1 Å². The van der Waals surface area contributed by atoms with Crippen LogP contribution in [0, 0.1) is 5.92 Å². The van der Waals surface area contributed by atoms with Crippen molar-refractivity contribution in [1.82, 2.24) is 4.90 Å². The molecule has 2 atom stereocenters. The van der Waals surface area contributed by atoms with Gasteiger partial charge in [-0.25, -0.2) is 0 Å². The average Bonchev–Trinajstić information content (AvgIpc) is 1.99. The quantitative estimate of drug-likeness (QED) is 0.725. The molecule has 15 heavy (non-hydrogen) atoms. The standard InChI is InChI=1S/C9H15F3N2O/c1-6(15)14-4-7(2-8(13)5-14)3-9(10,11)12/h7-8H,2-5,13H2,1H3. The molecule has 88 valence electrons. The van der Waals surface area contributed by atoms with Crippen LogP contribution in [0.4, 0.5) is 13.2 Å². The van der Waals surface area contributed by atoms with E-state index in [1.165, 1.54) is 11.8 Å². The molecule has 0 saturated carbocycles. The number of alkyl halides is 3. The van der Waals surface area contributed by atoms with Gasteiger partial charge in [-0.15, -0.1) is 0 Å². The van der Waals surface area contributed by atoms with Gasteiger partial charge >= 0.3 is 6.18 Å². The minimum atomic E-state index is -4.18. The topological polar surface area (TPSA) is 46.3 Å². The van der Waals surface area contributed by atoms with E-state index in [1.54, 1.807) is 0 Å². The molecule has 2 N–H and O–H groups in total. The second kappa shape index (κ2) is 4.38. The van der Waals surface area contributed by atoms with Gasteiger partial charge in [-0.3, -0.25) is 4.79 Å². The molecule has 2 unspecified atom stereocenters. The molecule has 1 heterocycles. The number of carbonyl (C=O) groups excluding carboxylic acids is 1. The third kappa shape index (κ3) is 4.07. The maximum absolute atomic E-state index is 12.2. The first-order valence-electron chi connectivity index (χ1n) is 4.86. The summed E-state index contributed by atoms with van der Waals surface area (Å²) >= 11 is 0. The highest BCUT2D eigenvalue weighted by molar-refractivity contribution is 5.73. The SMILES string of the molecule is CC(=O)N1CC(N)CC(CC(F)(F)F)C1. The molecule has 1 aliphatic rings. The minimum Gasteiger partial charge on any atom is -0.341 e. The molecule has 6 heteroatoms. The Morgan fingerprint density at radius 3 is 2.53 bits per heavy atom. The number of hydrogen-bond acceptors (Lipinski definition) is 2. The lowest BCUT2D eigenvalue weighted by Gasteiger charge is -2.36. The summed E-state index contributed by atoms with van der Waals surface area (Å²) < 4.78 is 36.5. The molecular weight excluding hydrogens is 209 g/mol. The summed E-state index contributed by atoms with van der Waals surface area (Å²) in [4.78, 5) is 12.4. The van der Waals surface area contributed by atoms with E-state index in [9.17, 15) is 18.0 Å². The summed E-state index contributed by atoms with van der Waals surface area (Å²) in [7, 11) is 0. The number of rotatable bonds is 1. The van der Waals surface area contributed by atoms with Crippen molar-refractivity contribution in [3.63, 3.8) is 0 Å². The molecule has 1 rings (SSSR count). The number of nitrogens with two attached hydrogens (primary N) is 1. The van der Waals surface area contributed by atoms with Crippen LogP contribution in [-0.2, 0) is 4.79 Å². The Balaban J connectivity index is 2.56. The molecule has 1 aliphatic heterocycles. The maximum Gasteiger partial charge on any atom is 0.389 e. The van der Waals surface area contributed by atoms with Crippen molar-refractivity contribution in [1.29, 1.82) is 0 Å². The van der Waals surface area contributed by atoms with Crippen LogP contribution < -0.4 is 5.73 Å². The second-order valence-electron chi connectivity index (χ2n) is 4.11. The minimum absolute atomic E-state index is 0.169. The molecule has 0 aromatic heterocycles. The van der Waals surface area contributed by atoms with Gasteiger partial charge in [0.15, 0.2) is 0 Å². The summed E-state index contributed by atoms with van der Waals surface area (Å²) in [5.74, 6) is -0.769. The van der Waals surface area contributed by atoms with E-state index >= 15 is 0 Å². The van der Waals surface area contributed by atoms with E-state index in [0.29, 0.717) is 13.0 Å². The predicted molar refractivity (Wildman–Crippen MR) is 49.0 cm³/mol. The van der Waals surface area contributed by atoms with Gasteiger partial charge < -0.3 is 10.6 Å². The highest BCUT2D eigenvalue weighted by Crippen LogP contribution is 2.29. The third-order valence-electron chi connectivity index (χ3n) is 2.54. The van der Waals surface area contributed by atoms with Crippen molar-refractivity contribution in [2.45, 2.75) is 32.0 Å². The van der Waals surface area contributed by atoms with Crippen molar-refractivity contribution >= 4 is 5.91 Å². The molecule has 0 radical (unpaired) electrons. The normalized spacial score (nSPS) is 27.9. The molecule has 1 saturated heterocycles. The Hall–Kier alpha value is -0.780. The lowest BCUT2D eigenvalue weighted by Crippen LogP contribution is -2.49. The number of halogens is 3. The van der Waals surface area contributed by atoms with Crippen molar-refractivity contribution in [2.24, 2.45) is 11.7 Å². The lowest BCUT2D eigenvalue weighted by molar-refractivity contribution is -0.152. The summed E-state index contributed by atoms with van der Waals surface area (Å²) in [5, 5.41) is 0. The number of likely N-dealkylation sites (tertiary alicyclic amines) is 1. The highest BCUT2D eigenvalue weighted by Gasteiger charge is 2.36. The van der Waals surface area contributed by atoms with Gasteiger partial charge in [0, 0.05) is 32.5 Å². The second-order valence-corrected chi connectivity index (χ2v) is 4.11. The molecule has 0 aromatic rings. The monoisotopic (exact) mass is 224 g/mol. The molecule has 3 nitrogen and oxygen atoms in total. The number of amides is 1. The molecule has 1 fully saturated rings. The van der Waals surface area contributed by atoms with Crippen molar-refractivity contribution in [3.8, 4) is 0 Å². The van der Waals surface area contributed by atoms with Crippen LogP contribution in [0.2, 0.25) is 0 Å².